The predicted octanol–water partition coefficient (Wildman–Crippen LogP) is 3.39. The van der Waals surface area contributed by atoms with Gasteiger partial charge in [-0.05, 0) is 49.7 Å². The molecule has 0 fully saturated rings. The van der Waals surface area contributed by atoms with Crippen molar-refractivity contribution in [2.75, 3.05) is 5.73 Å². The largest absolute Gasteiger partial charge is 0.398 e. The molecule has 19 heavy (non-hydrogen) atoms. The van der Waals surface area contributed by atoms with Crippen molar-refractivity contribution in [1.82, 2.24) is 0 Å². The van der Waals surface area contributed by atoms with Crippen molar-refractivity contribution in [2.24, 2.45) is 0 Å². The van der Waals surface area contributed by atoms with Gasteiger partial charge in [0.15, 0.2) is 5.78 Å². The minimum atomic E-state index is -0.526. The maximum absolute atomic E-state index is 13.6. The highest BCUT2D eigenvalue weighted by Crippen LogP contribution is 2.20. The molecule has 0 amide bonds. The minimum Gasteiger partial charge on any atom is -0.398 e. The van der Waals surface area contributed by atoms with Crippen molar-refractivity contribution in [1.29, 1.82) is 0 Å². The lowest BCUT2D eigenvalue weighted by molar-refractivity contribution is 0.103. The zero-order valence-corrected chi connectivity index (χ0v) is 10.6. The van der Waals surface area contributed by atoms with Crippen LogP contribution >= 0.6 is 0 Å². The van der Waals surface area contributed by atoms with E-state index in [-0.39, 0.29) is 22.9 Å². The number of halogens is 2. The van der Waals surface area contributed by atoms with Gasteiger partial charge in [-0.1, -0.05) is 0 Å². The van der Waals surface area contributed by atoms with Gasteiger partial charge in [0, 0.05) is 22.4 Å². The molecule has 0 saturated carbocycles. The summed E-state index contributed by atoms with van der Waals surface area (Å²) < 4.78 is 26.7. The van der Waals surface area contributed by atoms with Crippen LogP contribution in [0.2, 0.25) is 0 Å². The molecule has 0 saturated heterocycles. The number of nitrogen functional groups attached to an aromatic ring is 1. The average molecular weight is 261 g/mol. The van der Waals surface area contributed by atoms with Crippen LogP contribution in [-0.4, -0.2) is 5.78 Å². The summed E-state index contributed by atoms with van der Waals surface area (Å²) >= 11 is 0. The summed E-state index contributed by atoms with van der Waals surface area (Å²) in [6.45, 7) is 3.11. The number of anilines is 1. The Morgan fingerprint density at radius 2 is 1.68 bits per heavy atom. The van der Waals surface area contributed by atoms with Crippen molar-refractivity contribution in [2.45, 2.75) is 13.8 Å². The second-order valence-electron chi connectivity index (χ2n) is 4.47. The van der Waals surface area contributed by atoms with E-state index >= 15 is 0 Å². The Bertz CT molecular complexity index is 642. The fraction of sp³-hybridized carbons (Fsp3) is 0.133. The number of carbonyl (C=O) groups is 1. The number of hydrogen-bond donors (Lipinski definition) is 1. The van der Waals surface area contributed by atoms with Crippen LogP contribution in [0.4, 0.5) is 14.5 Å². The third-order valence-corrected chi connectivity index (χ3v) is 3.07. The molecule has 4 heteroatoms. The van der Waals surface area contributed by atoms with Gasteiger partial charge in [0.1, 0.15) is 11.6 Å². The van der Waals surface area contributed by atoms with E-state index in [1.165, 1.54) is 24.3 Å². The molecule has 98 valence electrons. The lowest BCUT2D eigenvalue weighted by Crippen LogP contribution is -2.05. The van der Waals surface area contributed by atoms with E-state index < -0.39 is 5.82 Å². The van der Waals surface area contributed by atoms with E-state index in [0.29, 0.717) is 16.7 Å². The molecule has 0 radical (unpaired) electrons. The van der Waals surface area contributed by atoms with Gasteiger partial charge < -0.3 is 5.73 Å². The van der Waals surface area contributed by atoms with Crippen LogP contribution in [0.15, 0.2) is 30.3 Å². The minimum absolute atomic E-state index is 0.159. The summed E-state index contributed by atoms with van der Waals surface area (Å²) in [7, 11) is 0. The van der Waals surface area contributed by atoms with Gasteiger partial charge in [0.2, 0.25) is 0 Å². The smallest absolute Gasteiger partial charge is 0.193 e. The molecule has 0 heterocycles. The maximum atomic E-state index is 13.6. The first-order valence-corrected chi connectivity index (χ1v) is 5.76. The average Bonchev–Trinajstić information content (AvgIpc) is 2.37. The highest BCUT2D eigenvalue weighted by Gasteiger charge is 2.14. The van der Waals surface area contributed by atoms with Crippen LogP contribution in [0, 0.1) is 25.5 Å². The zero-order chi connectivity index (χ0) is 14.2. The van der Waals surface area contributed by atoms with Gasteiger partial charge in [-0.2, -0.15) is 0 Å². The highest BCUT2D eigenvalue weighted by atomic mass is 19.1. The van der Waals surface area contributed by atoms with E-state index in [0.717, 1.165) is 6.07 Å². The molecular weight excluding hydrogens is 248 g/mol. The van der Waals surface area contributed by atoms with Gasteiger partial charge in [0.25, 0.3) is 0 Å². The topological polar surface area (TPSA) is 43.1 Å². The molecule has 2 N–H and O–H groups in total. The number of hydrogen-bond acceptors (Lipinski definition) is 2. The first-order chi connectivity index (χ1) is 8.90. The van der Waals surface area contributed by atoms with Crippen molar-refractivity contribution in [3.8, 4) is 0 Å². The molecule has 0 atom stereocenters. The maximum Gasteiger partial charge on any atom is 0.193 e. The summed E-state index contributed by atoms with van der Waals surface area (Å²) in [5.41, 5.74) is 7.01. The van der Waals surface area contributed by atoms with Gasteiger partial charge in [-0.15, -0.1) is 0 Å². The molecule has 0 unspecified atom stereocenters. The molecule has 0 bridgehead atoms. The fourth-order valence-electron chi connectivity index (χ4n) is 1.78. The van der Waals surface area contributed by atoms with Crippen molar-refractivity contribution >= 4 is 11.5 Å². The second-order valence-corrected chi connectivity index (χ2v) is 4.47. The fourth-order valence-corrected chi connectivity index (χ4v) is 1.78. The molecule has 0 aromatic heterocycles. The quantitative estimate of drug-likeness (QED) is 0.665. The zero-order valence-electron chi connectivity index (χ0n) is 10.6. The summed E-state index contributed by atoms with van der Waals surface area (Å²) in [5, 5.41) is 0. The van der Waals surface area contributed by atoms with Crippen LogP contribution in [-0.2, 0) is 0 Å². The van der Waals surface area contributed by atoms with Crippen molar-refractivity contribution < 1.29 is 13.6 Å². The van der Waals surface area contributed by atoms with Crippen molar-refractivity contribution in [3.05, 3.63) is 64.2 Å². The summed E-state index contributed by atoms with van der Waals surface area (Å²) in [6.07, 6.45) is 0. The van der Waals surface area contributed by atoms with E-state index in [9.17, 15) is 13.6 Å². The van der Waals surface area contributed by atoms with Crippen LogP contribution in [0.1, 0.15) is 27.0 Å². The van der Waals surface area contributed by atoms with E-state index in [2.05, 4.69) is 0 Å². The molecule has 2 aromatic rings. The number of aryl methyl sites for hydroxylation is 1. The predicted molar refractivity (Wildman–Crippen MR) is 70.1 cm³/mol. The summed E-state index contributed by atoms with van der Waals surface area (Å²) in [6, 6.07) is 6.60. The Kier molecular flexibility index (Phi) is 3.34. The van der Waals surface area contributed by atoms with Crippen LogP contribution < -0.4 is 5.73 Å². The van der Waals surface area contributed by atoms with Crippen LogP contribution in [0.25, 0.3) is 0 Å². The highest BCUT2D eigenvalue weighted by molar-refractivity contribution is 6.09. The summed E-state index contributed by atoms with van der Waals surface area (Å²) in [4.78, 5) is 12.2. The number of rotatable bonds is 2. The Morgan fingerprint density at radius 1 is 1.00 bits per heavy atom. The lowest BCUT2D eigenvalue weighted by Gasteiger charge is -2.07. The second kappa shape index (κ2) is 4.80. The van der Waals surface area contributed by atoms with E-state index in [1.807, 2.05) is 0 Å². The molecule has 0 aliphatic carbocycles. The first-order valence-electron chi connectivity index (χ1n) is 5.76. The molecule has 2 nitrogen and oxygen atoms in total. The molecule has 0 spiro atoms. The van der Waals surface area contributed by atoms with Gasteiger partial charge in [0.05, 0.1) is 0 Å². The van der Waals surface area contributed by atoms with Gasteiger partial charge >= 0.3 is 0 Å². The lowest BCUT2D eigenvalue weighted by atomic mass is 9.99. The van der Waals surface area contributed by atoms with E-state index in [1.54, 1.807) is 13.8 Å². The first kappa shape index (κ1) is 13.2. The molecule has 0 aliphatic rings. The number of carbonyl (C=O) groups excluding carboxylic acids is 1. The third kappa shape index (κ3) is 2.47. The Morgan fingerprint density at radius 3 is 2.26 bits per heavy atom. The number of benzene rings is 2. The monoisotopic (exact) mass is 261 g/mol. The molecular formula is C15H13F2NO. The third-order valence-electron chi connectivity index (χ3n) is 3.07. The van der Waals surface area contributed by atoms with Gasteiger partial charge in [-0.25, -0.2) is 8.78 Å². The van der Waals surface area contributed by atoms with Crippen LogP contribution in [0.3, 0.4) is 0 Å². The molecule has 2 aromatic carbocycles. The summed E-state index contributed by atoms with van der Waals surface area (Å²) in [5.74, 6) is -1.29. The SMILES string of the molecule is Cc1cc(C(=O)c2cc(N)c(C)c(F)c2)ccc1F. The molecule has 2 rings (SSSR count). The number of nitrogens with two attached hydrogens (primary N) is 1. The number of ketones is 1. The Balaban J connectivity index is 2.47. The Labute approximate surface area is 109 Å². The normalized spacial score (nSPS) is 10.5. The standard InChI is InChI=1S/C15H13F2NO/c1-8-5-10(3-4-12(8)16)15(19)11-6-13(17)9(2)14(18)7-11/h3-7H,18H2,1-2H3. The van der Waals surface area contributed by atoms with Crippen LogP contribution in [0.5, 0.6) is 0 Å². The van der Waals surface area contributed by atoms with E-state index in [4.69, 9.17) is 5.73 Å². The van der Waals surface area contributed by atoms with Gasteiger partial charge in [-0.3, -0.25) is 4.79 Å². The van der Waals surface area contributed by atoms with Crippen molar-refractivity contribution in [3.63, 3.8) is 0 Å². The molecule has 0 aliphatic heterocycles. The Hall–Kier alpha value is -2.23.